The van der Waals surface area contributed by atoms with Crippen LogP contribution >= 0.6 is 0 Å². The number of piperidine rings is 2. The first kappa shape index (κ1) is 26.7. The largest absolute Gasteiger partial charge is 0.435 e. The van der Waals surface area contributed by atoms with E-state index in [-0.39, 0.29) is 30.4 Å². The minimum atomic E-state index is -4.53. The molecule has 2 aromatic rings. The monoisotopic (exact) mass is 531 g/mol. The summed E-state index contributed by atoms with van der Waals surface area (Å²) in [5.41, 5.74) is 1.90. The third-order valence-electron chi connectivity index (χ3n) is 8.56. The molecule has 2 saturated heterocycles. The molecule has 3 aliphatic rings. The van der Waals surface area contributed by atoms with E-state index in [1.54, 1.807) is 4.90 Å². The van der Waals surface area contributed by atoms with Crippen molar-refractivity contribution in [1.29, 1.82) is 0 Å². The van der Waals surface area contributed by atoms with Crippen LogP contribution in [0.5, 0.6) is 0 Å². The minimum Gasteiger partial charge on any atom is -0.348 e. The second-order valence-electron chi connectivity index (χ2n) is 11.0. The molecule has 0 radical (unpaired) electrons. The highest BCUT2D eigenvalue weighted by atomic mass is 19.4. The Bertz CT molecular complexity index is 1160. The Morgan fingerprint density at radius 2 is 1.87 bits per heavy atom. The maximum atomic E-state index is 13.2. The number of alkyl halides is 3. The highest BCUT2D eigenvalue weighted by Gasteiger charge is 2.36. The van der Waals surface area contributed by atoms with Crippen LogP contribution in [-0.2, 0) is 28.7 Å². The number of carbonyl (C=O) groups excluding carboxylic acids is 2. The molecule has 7 nitrogen and oxygen atoms in total. The SMILES string of the molecule is Cc1cc(C(F)(F)F)nn1CC(=O)N1CCC(C2CCNC(C(=O)NC3CCCc4ccccc43)C2)CC1. The van der Waals surface area contributed by atoms with Crippen molar-refractivity contribution in [2.45, 2.75) is 76.7 Å². The van der Waals surface area contributed by atoms with E-state index in [0.29, 0.717) is 30.6 Å². The predicted molar refractivity (Wildman–Crippen MR) is 136 cm³/mol. The van der Waals surface area contributed by atoms with Crippen molar-refractivity contribution in [1.82, 2.24) is 25.3 Å². The van der Waals surface area contributed by atoms with Gasteiger partial charge in [-0.05, 0) is 87.4 Å². The molecule has 10 heteroatoms. The number of likely N-dealkylation sites (tertiary alicyclic amines) is 1. The van der Waals surface area contributed by atoms with Crippen molar-refractivity contribution < 1.29 is 22.8 Å². The van der Waals surface area contributed by atoms with Crippen LogP contribution < -0.4 is 10.6 Å². The lowest BCUT2D eigenvalue weighted by molar-refractivity contribution is -0.142. The molecule has 0 bridgehead atoms. The van der Waals surface area contributed by atoms with Crippen molar-refractivity contribution in [3.63, 3.8) is 0 Å². The Morgan fingerprint density at radius 1 is 1.11 bits per heavy atom. The number of aromatic nitrogens is 2. The molecule has 2 amide bonds. The summed E-state index contributed by atoms with van der Waals surface area (Å²) in [5.74, 6) is 0.691. The van der Waals surface area contributed by atoms with Crippen molar-refractivity contribution in [2.75, 3.05) is 19.6 Å². The summed E-state index contributed by atoms with van der Waals surface area (Å²) in [6.07, 6.45) is 2.03. The van der Waals surface area contributed by atoms with Gasteiger partial charge in [0.15, 0.2) is 5.69 Å². The average molecular weight is 532 g/mol. The van der Waals surface area contributed by atoms with Gasteiger partial charge in [-0.1, -0.05) is 24.3 Å². The van der Waals surface area contributed by atoms with E-state index in [1.807, 2.05) is 6.07 Å². The zero-order valence-corrected chi connectivity index (χ0v) is 21.8. The molecule has 1 aliphatic carbocycles. The minimum absolute atomic E-state index is 0.0644. The van der Waals surface area contributed by atoms with Crippen LogP contribution in [0.3, 0.4) is 0 Å². The molecule has 5 rings (SSSR count). The van der Waals surface area contributed by atoms with Crippen molar-refractivity contribution in [3.8, 4) is 0 Å². The van der Waals surface area contributed by atoms with Gasteiger partial charge in [-0.3, -0.25) is 14.3 Å². The summed E-state index contributed by atoms with van der Waals surface area (Å²) in [6.45, 7) is 3.29. The topological polar surface area (TPSA) is 79.3 Å². The summed E-state index contributed by atoms with van der Waals surface area (Å²) in [7, 11) is 0. The Labute approximate surface area is 221 Å². The van der Waals surface area contributed by atoms with Crippen LogP contribution in [0.4, 0.5) is 13.2 Å². The summed E-state index contributed by atoms with van der Waals surface area (Å²) in [6, 6.07) is 9.17. The molecule has 0 saturated carbocycles. The fourth-order valence-electron chi connectivity index (χ4n) is 6.41. The Morgan fingerprint density at radius 3 is 2.61 bits per heavy atom. The maximum absolute atomic E-state index is 13.2. The number of hydrogen-bond donors (Lipinski definition) is 2. The quantitative estimate of drug-likeness (QED) is 0.611. The van der Waals surface area contributed by atoms with Crippen LogP contribution in [-0.4, -0.2) is 52.2 Å². The van der Waals surface area contributed by atoms with Crippen LogP contribution in [0.25, 0.3) is 0 Å². The van der Waals surface area contributed by atoms with Gasteiger partial charge in [0.05, 0.1) is 12.1 Å². The van der Waals surface area contributed by atoms with E-state index in [4.69, 9.17) is 0 Å². The van der Waals surface area contributed by atoms with Gasteiger partial charge in [-0.2, -0.15) is 18.3 Å². The molecule has 206 valence electrons. The first-order chi connectivity index (χ1) is 18.2. The van der Waals surface area contributed by atoms with Crippen LogP contribution in [0.2, 0.25) is 0 Å². The van der Waals surface area contributed by atoms with Crippen molar-refractivity contribution >= 4 is 11.8 Å². The normalized spacial score (nSPS) is 24.6. The number of nitrogens with zero attached hydrogens (tertiary/aromatic N) is 3. The number of fused-ring (bicyclic) bond motifs is 1. The standard InChI is InChI=1S/C28H36F3N5O2/c1-18-15-25(28(29,30)31)34-36(18)17-26(37)35-13-10-19(11-14-35)21-9-12-32-24(16-21)27(38)33-23-8-4-6-20-5-2-3-7-22(20)23/h2-3,5,7,15,19,21,23-24,32H,4,6,8-14,16-17H2,1H3,(H,33,38). The summed E-state index contributed by atoms with van der Waals surface area (Å²) in [5, 5.41) is 10.3. The maximum Gasteiger partial charge on any atom is 0.435 e. The molecule has 1 aromatic carbocycles. The zero-order valence-electron chi connectivity index (χ0n) is 21.8. The predicted octanol–water partition coefficient (Wildman–Crippen LogP) is 4.01. The van der Waals surface area contributed by atoms with Crippen LogP contribution in [0.1, 0.15) is 67.1 Å². The number of halogens is 3. The molecule has 2 aliphatic heterocycles. The van der Waals surface area contributed by atoms with Gasteiger partial charge in [-0.15, -0.1) is 0 Å². The van der Waals surface area contributed by atoms with Gasteiger partial charge in [0.25, 0.3) is 0 Å². The highest BCUT2D eigenvalue weighted by Crippen LogP contribution is 2.34. The number of aryl methyl sites for hydroxylation is 2. The lowest BCUT2D eigenvalue weighted by atomic mass is 9.77. The molecule has 3 unspecified atom stereocenters. The van der Waals surface area contributed by atoms with Crippen LogP contribution in [0, 0.1) is 18.8 Å². The number of benzene rings is 1. The lowest BCUT2D eigenvalue weighted by Gasteiger charge is -2.40. The molecule has 2 N–H and O–H groups in total. The molecular formula is C28H36F3N5O2. The number of carbonyl (C=O) groups is 2. The number of hydrogen-bond acceptors (Lipinski definition) is 4. The first-order valence-electron chi connectivity index (χ1n) is 13.7. The number of rotatable bonds is 5. The third-order valence-corrected chi connectivity index (χ3v) is 8.56. The van der Waals surface area contributed by atoms with E-state index in [9.17, 15) is 22.8 Å². The lowest BCUT2D eigenvalue weighted by Crippen LogP contribution is -2.51. The van der Waals surface area contributed by atoms with Gasteiger partial charge in [0, 0.05) is 18.8 Å². The smallest absolute Gasteiger partial charge is 0.348 e. The number of amides is 2. The molecule has 38 heavy (non-hydrogen) atoms. The van der Waals surface area contributed by atoms with Gasteiger partial charge >= 0.3 is 6.18 Å². The molecule has 0 spiro atoms. The van der Waals surface area contributed by atoms with E-state index < -0.39 is 11.9 Å². The number of nitrogens with one attached hydrogen (secondary N) is 2. The molecule has 3 atom stereocenters. The van der Waals surface area contributed by atoms with Crippen molar-refractivity contribution in [2.24, 2.45) is 11.8 Å². The van der Waals surface area contributed by atoms with Gasteiger partial charge in [0.1, 0.15) is 6.54 Å². The fraction of sp³-hybridized carbons (Fsp3) is 0.607. The fourth-order valence-corrected chi connectivity index (χ4v) is 6.41. The molecule has 3 heterocycles. The Kier molecular flexibility index (Phi) is 7.79. The molecule has 1 aromatic heterocycles. The highest BCUT2D eigenvalue weighted by molar-refractivity contribution is 5.82. The molecular weight excluding hydrogens is 495 g/mol. The molecule has 2 fully saturated rings. The van der Waals surface area contributed by atoms with E-state index in [1.165, 1.54) is 18.1 Å². The third kappa shape index (κ3) is 5.90. The second kappa shape index (κ2) is 11.1. The van der Waals surface area contributed by atoms with E-state index in [0.717, 1.165) is 62.2 Å². The average Bonchev–Trinajstić information content (AvgIpc) is 3.29. The van der Waals surface area contributed by atoms with E-state index >= 15 is 0 Å². The van der Waals surface area contributed by atoms with Crippen LogP contribution in [0.15, 0.2) is 30.3 Å². The van der Waals surface area contributed by atoms with Gasteiger partial charge in [-0.25, -0.2) is 0 Å². The van der Waals surface area contributed by atoms with E-state index in [2.05, 4.69) is 33.9 Å². The second-order valence-corrected chi connectivity index (χ2v) is 11.0. The Balaban J connectivity index is 1.12. The summed E-state index contributed by atoms with van der Waals surface area (Å²) < 4.78 is 40.0. The van der Waals surface area contributed by atoms with Crippen molar-refractivity contribution in [3.05, 3.63) is 52.8 Å². The van der Waals surface area contributed by atoms with Gasteiger partial charge < -0.3 is 15.5 Å². The van der Waals surface area contributed by atoms with Gasteiger partial charge in [0.2, 0.25) is 11.8 Å². The zero-order chi connectivity index (χ0) is 26.9. The summed E-state index contributed by atoms with van der Waals surface area (Å²) in [4.78, 5) is 27.7. The summed E-state index contributed by atoms with van der Waals surface area (Å²) >= 11 is 0. The first-order valence-corrected chi connectivity index (χ1v) is 13.7. The Hall–Kier alpha value is -2.88.